The topological polar surface area (TPSA) is 113 Å². The Morgan fingerprint density at radius 3 is 2.39 bits per heavy atom. The molecule has 28 heavy (non-hydrogen) atoms. The molecule has 2 aromatic heterocycles. The van der Waals surface area contributed by atoms with E-state index < -0.39 is 17.6 Å². The summed E-state index contributed by atoms with van der Waals surface area (Å²) in [6.07, 6.45) is 0. The van der Waals surface area contributed by atoms with Gasteiger partial charge in [-0.05, 0) is 35.2 Å². The maximum atomic E-state index is 12.2. The fourth-order valence-electron chi connectivity index (χ4n) is 3.75. The van der Waals surface area contributed by atoms with Crippen molar-refractivity contribution in [3.8, 4) is 11.1 Å². The number of esters is 1. The molecule has 0 aliphatic carbocycles. The summed E-state index contributed by atoms with van der Waals surface area (Å²) in [4.78, 5) is 35.3. The number of benzene rings is 3. The maximum absolute atomic E-state index is 12.2. The van der Waals surface area contributed by atoms with Crippen LogP contribution < -0.4 is 11.6 Å². The molecule has 3 aromatic carbocycles. The number of rotatable bonds is 1. The molecule has 3 heterocycles. The first kappa shape index (κ1) is 15.0. The molecule has 0 saturated heterocycles. The van der Waals surface area contributed by atoms with Gasteiger partial charge in [-0.3, -0.25) is 0 Å². The summed E-state index contributed by atoms with van der Waals surface area (Å²) in [6.45, 7) is 0.0747. The summed E-state index contributed by atoms with van der Waals surface area (Å²) < 4.78 is 25.6. The third-order valence-corrected chi connectivity index (χ3v) is 4.90. The Kier molecular flexibility index (Phi) is 2.69. The minimum atomic E-state index is -0.822. The Bertz CT molecular complexity index is 1570. The summed E-state index contributed by atoms with van der Waals surface area (Å²) in [5, 5.41) is 1.28. The van der Waals surface area contributed by atoms with Gasteiger partial charge in [0.25, 0.3) is 0 Å². The van der Waals surface area contributed by atoms with Crippen molar-refractivity contribution in [2.75, 3.05) is 0 Å². The van der Waals surface area contributed by atoms with Crippen LogP contribution in [-0.4, -0.2) is 5.97 Å². The molecular weight excluding hydrogens is 368 g/mol. The number of hydrogen-bond acceptors (Lipinski definition) is 8. The SMILES string of the molecule is O=C1OCc2c1cc1ccc3oc(=O)oc3c1c2-c1ccc2oc(=O)oc2c1. The number of cyclic esters (lactones) is 1. The Balaban J connectivity index is 1.82. The number of carbonyl (C=O) groups excluding carboxylic acids is 1. The molecule has 0 unspecified atom stereocenters. The van der Waals surface area contributed by atoms with E-state index in [4.69, 9.17) is 22.4 Å². The maximum Gasteiger partial charge on any atom is 0.519 e. The van der Waals surface area contributed by atoms with Gasteiger partial charge < -0.3 is 22.4 Å². The van der Waals surface area contributed by atoms with Crippen molar-refractivity contribution in [3.63, 3.8) is 0 Å². The molecule has 0 fully saturated rings. The zero-order valence-corrected chi connectivity index (χ0v) is 13.9. The Morgan fingerprint density at radius 2 is 1.50 bits per heavy atom. The van der Waals surface area contributed by atoms with Gasteiger partial charge in [-0.1, -0.05) is 12.1 Å². The van der Waals surface area contributed by atoms with Crippen LogP contribution in [0.25, 0.3) is 44.2 Å². The van der Waals surface area contributed by atoms with E-state index in [1.807, 2.05) is 0 Å². The van der Waals surface area contributed by atoms with Crippen molar-refractivity contribution >= 4 is 39.1 Å². The second kappa shape index (κ2) is 5.01. The monoisotopic (exact) mass is 376 g/mol. The van der Waals surface area contributed by atoms with E-state index in [9.17, 15) is 14.4 Å². The molecule has 5 aromatic rings. The molecule has 8 heteroatoms. The normalized spacial score (nSPS) is 13.5. The fraction of sp³-hybridized carbons (Fsp3) is 0.0500. The van der Waals surface area contributed by atoms with Crippen LogP contribution in [0.3, 0.4) is 0 Å². The summed E-state index contributed by atoms with van der Waals surface area (Å²) in [6, 6.07) is 10.0. The Morgan fingerprint density at radius 1 is 0.750 bits per heavy atom. The van der Waals surface area contributed by atoms with Gasteiger partial charge in [0.05, 0.1) is 5.56 Å². The first-order chi connectivity index (χ1) is 13.6. The van der Waals surface area contributed by atoms with E-state index >= 15 is 0 Å². The highest BCUT2D eigenvalue weighted by atomic mass is 16.6. The van der Waals surface area contributed by atoms with Gasteiger partial charge in [0.1, 0.15) is 6.61 Å². The van der Waals surface area contributed by atoms with Gasteiger partial charge in [-0.2, -0.15) is 0 Å². The largest absolute Gasteiger partial charge is 0.519 e. The van der Waals surface area contributed by atoms with Gasteiger partial charge in [0.2, 0.25) is 0 Å². The first-order valence-electron chi connectivity index (χ1n) is 8.32. The molecular formula is C20H8O8. The highest BCUT2D eigenvalue weighted by Crippen LogP contribution is 2.41. The summed E-state index contributed by atoms with van der Waals surface area (Å²) in [7, 11) is 0. The standard InChI is InChI=1S/C20H8O8/c21-18-10-5-8-2-4-13-17(28-20(23)26-13)16(8)15(11(10)7-24-18)9-1-3-12-14(6-9)27-19(22)25-12/h1-6H,7H2. The summed E-state index contributed by atoms with van der Waals surface area (Å²) in [5.74, 6) is -2.06. The molecule has 1 aliphatic rings. The predicted molar refractivity (Wildman–Crippen MR) is 95.1 cm³/mol. The van der Waals surface area contributed by atoms with Crippen molar-refractivity contribution in [1.29, 1.82) is 0 Å². The average molecular weight is 376 g/mol. The van der Waals surface area contributed by atoms with Crippen molar-refractivity contribution in [2.45, 2.75) is 6.61 Å². The predicted octanol–water partition coefficient (Wildman–Crippen LogP) is 3.58. The van der Waals surface area contributed by atoms with Crippen LogP contribution in [0.5, 0.6) is 0 Å². The van der Waals surface area contributed by atoms with Crippen molar-refractivity contribution in [2.24, 2.45) is 0 Å². The van der Waals surface area contributed by atoms with Crippen LogP contribution in [0.2, 0.25) is 0 Å². The molecule has 136 valence electrons. The first-order valence-corrected chi connectivity index (χ1v) is 8.32. The lowest BCUT2D eigenvalue weighted by molar-refractivity contribution is 0.0535. The molecule has 0 radical (unpaired) electrons. The number of ether oxygens (including phenoxy) is 1. The van der Waals surface area contributed by atoms with Gasteiger partial charge in [-0.15, -0.1) is 0 Å². The van der Waals surface area contributed by atoms with Crippen LogP contribution in [-0.2, 0) is 11.3 Å². The minimum Gasteiger partial charge on any atom is -0.457 e. The molecule has 8 nitrogen and oxygen atoms in total. The molecule has 0 spiro atoms. The quantitative estimate of drug-likeness (QED) is 0.408. The van der Waals surface area contributed by atoms with Crippen molar-refractivity contribution < 1.29 is 27.2 Å². The van der Waals surface area contributed by atoms with E-state index in [-0.39, 0.29) is 17.8 Å². The lowest BCUT2D eigenvalue weighted by atomic mass is 9.90. The molecule has 0 amide bonds. The van der Waals surface area contributed by atoms with E-state index in [1.165, 1.54) is 0 Å². The van der Waals surface area contributed by atoms with Gasteiger partial charge in [0.15, 0.2) is 22.3 Å². The average Bonchev–Trinajstić information content (AvgIpc) is 3.34. The van der Waals surface area contributed by atoms with Crippen LogP contribution in [0, 0.1) is 0 Å². The number of carbonyl (C=O) groups is 1. The molecule has 0 saturated carbocycles. The van der Waals surface area contributed by atoms with Crippen LogP contribution >= 0.6 is 0 Å². The Hall–Kier alpha value is -4.07. The van der Waals surface area contributed by atoms with Crippen LogP contribution in [0.1, 0.15) is 15.9 Å². The van der Waals surface area contributed by atoms with E-state index in [0.29, 0.717) is 44.2 Å². The highest BCUT2D eigenvalue weighted by molar-refractivity contribution is 6.15. The van der Waals surface area contributed by atoms with Gasteiger partial charge in [-0.25, -0.2) is 14.4 Å². The zero-order chi connectivity index (χ0) is 19.0. The highest BCUT2D eigenvalue weighted by Gasteiger charge is 2.28. The Labute approximate surface area is 153 Å². The van der Waals surface area contributed by atoms with Crippen LogP contribution in [0.15, 0.2) is 63.7 Å². The van der Waals surface area contributed by atoms with Crippen molar-refractivity contribution in [1.82, 2.24) is 0 Å². The third-order valence-electron chi connectivity index (χ3n) is 4.90. The molecule has 6 rings (SSSR count). The third kappa shape index (κ3) is 1.91. The van der Waals surface area contributed by atoms with Crippen molar-refractivity contribution in [3.05, 3.63) is 68.8 Å². The lowest BCUT2D eigenvalue weighted by Crippen LogP contribution is -1.96. The molecule has 1 aliphatic heterocycles. The van der Waals surface area contributed by atoms with Gasteiger partial charge in [0, 0.05) is 16.5 Å². The second-order valence-electron chi connectivity index (χ2n) is 6.41. The van der Waals surface area contributed by atoms with E-state index in [2.05, 4.69) is 0 Å². The smallest absolute Gasteiger partial charge is 0.457 e. The lowest BCUT2D eigenvalue weighted by Gasteiger charge is -2.11. The molecule has 0 N–H and O–H groups in total. The summed E-state index contributed by atoms with van der Waals surface area (Å²) >= 11 is 0. The summed E-state index contributed by atoms with van der Waals surface area (Å²) in [5.41, 5.74) is 3.50. The fourth-order valence-corrected chi connectivity index (χ4v) is 3.75. The van der Waals surface area contributed by atoms with Gasteiger partial charge >= 0.3 is 17.6 Å². The zero-order valence-electron chi connectivity index (χ0n) is 13.9. The van der Waals surface area contributed by atoms with E-state index in [1.54, 1.807) is 36.4 Å². The second-order valence-corrected chi connectivity index (χ2v) is 6.41. The van der Waals surface area contributed by atoms with E-state index in [0.717, 1.165) is 0 Å². The molecule has 0 atom stereocenters. The number of hydrogen-bond donors (Lipinski definition) is 0. The molecule has 0 bridgehead atoms. The van der Waals surface area contributed by atoms with Crippen LogP contribution in [0.4, 0.5) is 0 Å². The minimum absolute atomic E-state index is 0.0747. The number of fused-ring (bicyclic) bond motifs is 5.